The summed E-state index contributed by atoms with van der Waals surface area (Å²) in [7, 11) is 0. The number of aromatic nitrogens is 4. The van der Waals surface area contributed by atoms with E-state index in [1.165, 1.54) is 43.6 Å². The Morgan fingerprint density at radius 3 is 1.03 bits per heavy atom. The molecule has 0 aliphatic rings. The van der Waals surface area contributed by atoms with Gasteiger partial charge in [-0.05, 0) is 48.5 Å². The molecule has 4 heterocycles. The number of para-hydroxylation sites is 4. The Morgan fingerprint density at radius 2 is 0.684 bits per heavy atom. The molecule has 0 saturated heterocycles. The first-order valence-corrected chi connectivity index (χ1v) is 12.8. The minimum Gasteiger partial charge on any atom is -0.309 e. The molecule has 0 aliphatic heterocycles. The van der Waals surface area contributed by atoms with Crippen molar-refractivity contribution < 1.29 is 0 Å². The summed E-state index contributed by atoms with van der Waals surface area (Å²) < 4.78 is 4.62. The van der Waals surface area contributed by atoms with Crippen LogP contribution in [-0.4, -0.2) is 19.1 Å². The fourth-order valence-corrected chi connectivity index (χ4v) is 5.80. The van der Waals surface area contributed by atoms with Crippen molar-refractivity contribution in [1.82, 2.24) is 19.1 Å². The lowest BCUT2D eigenvalue weighted by molar-refractivity contribution is 1.13. The molecule has 8 aromatic rings. The van der Waals surface area contributed by atoms with Gasteiger partial charge < -0.3 is 9.13 Å². The third kappa shape index (κ3) is 3.04. The van der Waals surface area contributed by atoms with E-state index in [9.17, 15) is 0 Å². The molecular formula is C34H22N4. The van der Waals surface area contributed by atoms with Gasteiger partial charge in [-0.15, -0.1) is 0 Å². The Labute approximate surface area is 219 Å². The third-order valence-corrected chi connectivity index (χ3v) is 7.43. The molecule has 0 N–H and O–H groups in total. The molecule has 0 radical (unpaired) electrons. The molecule has 0 unspecified atom stereocenters. The van der Waals surface area contributed by atoms with Crippen molar-refractivity contribution in [2.75, 3.05) is 0 Å². The van der Waals surface area contributed by atoms with Crippen LogP contribution in [0, 0.1) is 0 Å². The molecule has 4 heteroatoms. The molecule has 0 amide bonds. The zero-order chi connectivity index (χ0) is 25.1. The van der Waals surface area contributed by atoms with E-state index < -0.39 is 0 Å². The maximum absolute atomic E-state index is 4.74. The van der Waals surface area contributed by atoms with Crippen molar-refractivity contribution in [3.05, 3.63) is 134 Å². The molecule has 8 rings (SSSR count). The van der Waals surface area contributed by atoms with Gasteiger partial charge in [-0.3, -0.25) is 9.97 Å². The number of fused-ring (bicyclic) bond motifs is 6. The molecule has 4 aromatic carbocycles. The van der Waals surface area contributed by atoms with Crippen LogP contribution in [0.3, 0.4) is 0 Å². The number of benzene rings is 4. The average molecular weight is 487 g/mol. The lowest BCUT2D eigenvalue weighted by atomic mass is 10.2. The molecule has 0 bridgehead atoms. The summed E-state index contributed by atoms with van der Waals surface area (Å²) >= 11 is 0. The molecule has 4 nitrogen and oxygen atoms in total. The van der Waals surface area contributed by atoms with Crippen molar-refractivity contribution in [2.45, 2.75) is 0 Å². The Kier molecular flexibility index (Phi) is 4.49. The summed E-state index contributed by atoms with van der Waals surface area (Å²) in [5.41, 5.74) is 8.53. The Hall–Kier alpha value is -5.22. The molecule has 0 spiro atoms. The summed E-state index contributed by atoms with van der Waals surface area (Å²) in [5, 5.41) is 4.97. The highest BCUT2D eigenvalue weighted by molar-refractivity contribution is 6.10. The van der Waals surface area contributed by atoms with Crippen molar-refractivity contribution in [3.63, 3.8) is 0 Å². The predicted octanol–water partition coefficient (Wildman–Crippen LogP) is 8.34. The van der Waals surface area contributed by atoms with Crippen LogP contribution in [-0.2, 0) is 0 Å². The lowest BCUT2D eigenvalue weighted by Crippen LogP contribution is -1.98. The lowest BCUT2D eigenvalue weighted by Gasteiger charge is -2.11. The first kappa shape index (κ1) is 20.9. The topological polar surface area (TPSA) is 35.6 Å². The average Bonchev–Trinajstić information content (AvgIpc) is 3.51. The van der Waals surface area contributed by atoms with Crippen molar-refractivity contribution in [1.29, 1.82) is 0 Å². The fraction of sp³-hybridized carbons (Fsp3) is 0. The van der Waals surface area contributed by atoms with Crippen molar-refractivity contribution >= 4 is 43.6 Å². The van der Waals surface area contributed by atoms with E-state index in [0.29, 0.717) is 0 Å². The number of hydrogen-bond donors (Lipinski definition) is 0. The quantitative estimate of drug-likeness (QED) is 0.252. The Bertz CT molecular complexity index is 1890. The monoisotopic (exact) mass is 486 g/mol. The van der Waals surface area contributed by atoms with Crippen LogP contribution in [0.4, 0.5) is 0 Å². The largest absolute Gasteiger partial charge is 0.309 e. The number of pyridine rings is 2. The van der Waals surface area contributed by atoms with Gasteiger partial charge in [-0.2, -0.15) is 0 Å². The van der Waals surface area contributed by atoms with Crippen molar-refractivity contribution in [3.8, 4) is 22.8 Å². The van der Waals surface area contributed by atoms with E-state index in [2.05, 4.69) is 130 Å². The summed E-state index contributed by atoms with van der Waals surface area (Å²) in [4.78, 5) is 9.48. The molecule has 4 aromatic heterocycles. The highest BCUT2D eigenvalue weighted by Gasteiger charge is 2.15. The van der Waals surface area contributed by atoms with Gasteiger partial charge in [-0.25, -0.2) is 0 Å². The van der Waals surface area contributed by atoms with Gasteiger partial charge >= 0.3 is 0 Å². The van der Waals surface area contributed by atoms with E-state index in [4.69, 9.17) is 9.97 Å². The second kappa shape index (κ2) is 8.15. The van der Waals surface area contributed by atoms with E-state index >= 15 is 0 Å². The number of hydrogen-bond acceptors (Lipinski definition) is 2. The van der Waals surface area contributed by atoms with Crippen LogP contribution >= 0.6 is 0 Å². The van der Waals surface area contributed by atoms with E-state index in [0.717, 1.165) is 22.8 Å². The van der Waals surface area contributed by atoms with Crippen LogP contribution in [0.5, 0.6) is 0 Å². The minimum atomic E-state index is 0.840. The SMILES string of the molecule is c1ccc2c(c1)c1ccccc1n2-c1ccnc(-c2cc(-n3c4ccccc4c4ccccc43)ccn2)c1. The molecular weight excluding hydrogens is 464 g/mol. The van der Waals surface area contributed by atoms with E-state index in [-0.39, 0.29) is 0 Å². The molecule has 0 saturated carbocycles. The van der Waals surface area contributed by atoms with Crippen LogP contribution in [0.15, 0.2) is 134 Å². The number of nitrogens with zero attached hydrogens (tertiary/aromatic N) is 4. The van der Waals surface area contributed by atoms with E-state index in [1.807, 2.05) is 12.4 Å². The zero-order valence-corrected chi connectivity index (χ0v) is 20.5. The summed E-state index contributed by atoms with van der Waals surface area (Å²) in [6, 6.07) is 42.6. The van der Waals surface area contributed by atoms with Gasteiger partial charge in [0, 0.05) is 45.3 Å². The highest BCUT2D eigenvalue weighted by Crippen LogP contribution is 2.34. The molecule has 0 aliphatic carbocycles. The van der Waals surface area contributed by atoms with Gasteiger partial charge in [-0.1, -0.05) is 72.8 Å². The molecule has 38 heavy (non-hydrogen) atoms. The summed E-state index contributed by atoms with van der Waals surface area (Å²) in [6.07, 6.45) is 3.76. The predicted molar refractivity (Wildman–Crippen MR) is 156 cm³/mol. The van der Waals surface area contributed by atoms with Gasteiger partial charge in [0.25, 0.3) is 0 Å². The maximum Gasteiger partial charge on any atom is 0.0907 e. The zero-order valence-electron chi connectivity index (χ0n) is 20.5. The van der Waals surface area contributed by atoms with Crippen LogP contribution < -0.4 is 0 Å². The normalized spacial score (nSPS) is 11.7. The minimum absolute atomic E-state index is 0.840. The van der Waals surface area contributed by atoms with Crippen LogP contribution in [0.1, 0.15) is 0 Å². The van der Waals surface area contributed by atoms with Gasteiger partial charge in [0.15, 0.2) is 0 Å². The van der Waals surface area contributed by atoms with Gasteiger partial charge in [0.2, 0.25) is 0 Å². The maximum atomic E-state index is 4.74. The summed E-state index contributed by atoms with van der Waals surface area (Å²) in [6.45, 7) is 0. The fourth-order valence-electron chi connectivity index (χ4n) is 5.80. The first-order chi connectivity index (χ1) is 18.9. The Balaban J connectivity index is 1.32. The van der Waals surface area contributed by atoms with Crippen LogP contribution in [0.2, 0.25) is 0 Å². The highest BCUT2D eigenvalue weighted by atomic mass is 15.0. The standard InChI is InChI=1S/C34H22N4/c1-5-13-31-25(9-1)26-10-2-6-14-32(26)37(31)23-17-19-35-29(21-23)30-22-24(18-20-36-30)38-33-15-7-3-11-27(33)28-12-4-8-16-34(28)38/h1-22H. The molecule has 0 atom stereocenters. The van der Waals surface area contributed by atoms with E-state index in [1.54, 1.807) is 0 Å². The molecule has 178 valence electrons. The second-order valence-electron chi connectivity index (χ2n) is 9.54. The third-order valence-electron chi connectivity index (χ3n) is 7.43. The smallest absolute Gasteiger partial charge is 0.0907 e. The number of rotatable bonds is 3. The van der Waals surface area contributed by atoms with Gasteiger partial charge in [0.05, 0.1) is 33.5 Å². The summed E-state index contributed by atoms with van der Waals surface area (Å²) in [5.74, 6) is 0. The Morgan fingerprint density at radius 1 is 0.368 bits per heavy atom. The molecule has 0 fully saturated rings. The first-order valence-electron chi connectivity index (χ1n) is 12.8. The van der Waals surface area contributed by atoms with Gasteiger partial charge in [0.1, 0.15) is 0 Å². The van der Waals surface area contributed by atoms with Crippen molar-refractivity contribution in [2.24, 2.45) is 0 Å². The van der Waals surface area contributed by atoms with Crippen LogP contribution in [0.25, 0.3) is 66.4 Å². The second-order valence-corrected chi connectivity index (χ2v) is 9.54.